The minimum absolute atomic E-state index is 0.116. The van der Waals surface area contributed by atoms with Gasteiger partial charge in [0.1, 0.15) is 17.1 Å². The zero-order chi connectivity index (χ0) is 24.6. The van der Waals surface area contributed by atoms with Gasteiger partial charge in [0.05, 0.1) is 12.3 Å². The van der Waals surface area contributed by atoms with E-state index in [1.54, 1.807) is 0 Å². The number of nitrogens with one attached hydrogen (secondary N) is 2. The normalized spacial score (nSPS) is 13.2. The third-order valence-electron chi connectivity index (χ3n) is 5.88. The van der Waals surface area contributed by atoms with Gasteiger partial charge in [0.15, 0.2) is 11.6 Å². The quantitative estimate of drug-likeness (QED) is 0.381. The zero-order valence-electron chi connectivity index (χ0n) is 21.0. The average Bonchev–Trinajstić information content (AvgIpc) is 3.43. The molecule has 2 N–H and O–H groups in total. The fourth-order valence-electron chi connectivity index (χ4n) is 4.23. The molecule has 4 aromatic rings. The summed E-state index contributed by atoms with van der Waals surface area (Å²) in [5.74, 6) is 3.89. The van der Waals surface area contributed by atoms with Gasteiger partial charge in [0, 0.05) is 42.4 Å². The SMILES string of the molecule is CCOc1cc(-c2nnc3n2CCC3)ccc1Nc1ncc2cc(C)nc(NCC(C)(C)C)c2n1. The van der Waals surface area contributed by atoms with Gasteiger partial charge in [-0.1, -0.05) is 20.8 Å². The van der Waals surface area contributed by atoms with E-state index in [0.29, 0.717) is 12.6 Å². The maximum atomic E-state index is 5.97. The topological polar surface area (TPSA) is 103 Å². The van der Waals surface area contributed by atoms with E-state index in [9.17, 15) is 0 Å². The smallest absolute Gasteiger partial charge is 0.227 e. The predicted octanol–water partition coefficient (Wildman–Crippen LogP) is 5.14. The number of rotatable bonds is 7. The summed E-state index contributed by atoms with van der Waals surface area (Å²) in [5, 5.41) is 16.5. The van der Waals surface area contributed by atoms with Crippen molar-refractivity contribution in [2.45, 2.75) is 54.0 Å². The number of ether oxygens (including phenoxy) is 1. The van der Waals surface area contributed by atoms with Crippen LogP contribution < -0.4 is 15.4 Å². The minimum Gasteiger partial charge on any atom is -0.492 e. The highest BCUT2D eigenvalue weighted by Crippen LogP contribution is 2.33. The molecule has 0 spiro atoms. The van der Waals surface area contributed by atoms with Crippen LogP contribution in [0.4, 0.5) is 17.5 Å². The summed E-state index contributed by atoms with van der Waals surface area (Å²) in [6.07, 6.45) is 3.91. The second-order valence-corrected chi connectivity index (χ2v) is 10.1. The van der Waals surface area contributed by atoms with Crippen molar-refractivity contribution in [1.29, 1.82) is 0 Å². The number of fused-ring (bicyclic) bond motifs is 2. The summed E-state index contributed by atoms with van der Waals surface area (Å²) < 4.78 is 8.16. The largest absolute Gasteiger partial charge is 0.492 e. The second kappa shape index (κ2) is 9.13. The number of hydrogen-bond acceptors (Lipinski definition) is 8. The molecule has 3 aromatic heterocycles. The molecular weight excluding hydrogens is 440 g/mol. The summed E-state index contributed by atoms with van der Waals surface area (Å²) in [4.78, 5) is 14.1. The standard InChI is InChI=1S/C26H32N8O/c1-6-35-20-13-17(24-33-32-21-8-7-11-34(21)24)9-10-19(20)30-25-27-14-18-12-16(2)29-23(22(18)31-25)28-15-26(3,4)5/h9-10,12-14H,6-8,11,15H2,1-5H3,(H,28,29)(H,27,30,31). The van der Waals surface area contributed by atoms with Gasteiger partial charge in [-0.25, -0.2) is 15.0 Å². The summed E-state index contributed by atoms with van der Waals surface area (Å²) in [6.45, 7) is 12.8. The van der Waals surface area contributed by atoms with Crippen LogP contribution in [0.1, 0.15) is 45.6 Å². The van der Waals surface area contributed by atoms with Crippen molar-refractivity contribution < 1.29 is 4.74 Å². The molecular formula is C26H32N8O. The molecule has 35 heavy (non-hydrogen) atoms. The Labute approximate surface area is 205 Å². The van der Waals surface area contributed by atoms with Crippen LogP contribution in [0.2, 0.25) is 0 Å². The molecule has 0 unspecified atom stereocenters. The van der Waals surface area contributed by atoms with Crippen LogP contribution in [0.3, 0.4) is 0 Å². The first-order valence-corrected chi connectivity index (χ1v) is 12.2. The molecule has 0 bridgehead atoms. The van der Waals surface area contributed by atoms with Crippen molar-refractivity contribution in [2.24, 2.45) is 5.41 Å². The molecule has 1 aliphatic heterocycles. The molecule has 0 amide bonds. The Balaban J connectivity index is 1.47. The molecule has 0 atom stereocenters. The first-order chi connectivity index (χ1) is 16.8. The molecule has 9 heteroatoms. The minimum atomic E-state index is 0.116. The van der Waals surface area contributed by atoms with E-state index >= 15 is 0 Å². The Bertz CT molecular complexity index is 1370. The summed E-state index contributed by atoms with van der Waals surface area (Å²) >= 11 is 0. The molecule has 1 aromatic carbocycles. The third kappa shape index (κ3) is 4.89. The first kappa shape index (κ1) is 23.0. The molecule has 5 rings (SSSR count). The summed E-state index contributed by atoms with van der Waals surface area (Å²) in [7, 11) is 0. The van der Waals surface area contributed by atoms with Crippen LogP contribution in [0.15, 0.2) is 30.5 Å². The van der Waals surface area contributed by atoms with Gasteiger partial charge in [-0.2, -0.15) is 0 Å². The zero-order valence-corrected chi connectivity index (χ0v) is 21.0. The number of hydrogen-bond donors (Lipinski definition) is 2. The van der Waals surface area contributed by atoms with Gasteiger partial charge in [-0.15, -0.1) is 10.2 Å². The van der Waals surface area contributed by atoms with Crippen LogP contribution in [0.25, 0.3) is 22.3 Å². The fourth-order valence-corrected chi connectivity index (χ4v) is 4.23. The average molecular weight is 473 g/mol. The van der Waals surface area contributed by atoms with Gasteiger partial charge in [-0.05, 0) is 49.9 Å². The molecule has 0 fully saturated rings. The van der Waals surface area contributed by atoms with Gasteiger partial charge < -0.3 is 19.9 Å². The van der Waals surface area contributed by atoms with E-state index in [1.165, 1.54) is 0 Å². The van der Waals surface area contributed by atoms with E-state index in [-0.39, 0.29) is 5.41 Å². The highest BCUT2D eigenvalue weighted by molar-refractivity contribution is 5.89. The van der Waals surface area contributed by atoms with Crippen molar-refractivity contribution in [3.63, 3.8) is 0 Å². The van der Waals surface area contributed by atoms with Crippen molar-refractivity contribution in [2.75, 3.05) is 23.8 Å². The highest BCUT2D eigenvalue weighted by Gasteiger charge is 2.20. The lowest BCUT2D eigenvalue weighted by Crippen LogP contribution is -2.20. The lowest BCUT2D eigenvalue weighted by molar-refractivity contribution is 0.342. The van der Waals surface area contributed by atoms with Crippen LogP contribution in [0, 0.1) is 12.3 Å². The van der Waals surface area contributed by atoms with Gasteiger partial charge >= 0.3 is 0 Å². The molecule has 182 valence electrons. The molecule has 1 aliphatic rings. The Hall–Kier alpha value is -3.75. The Morgan fingerprint density at radius 2 is 1.97 bits per heavy atom. The van der Waals surface area contributed by atoms with E-state index in [4.69, 9.17) is 14.7 Å². The van der Waals surface area contributed by atoms with Crippen LogP contribution >= 0.6 is 0 Å². The molecule has 0 saturated heterocycles. The number of benzene rings is 1. The molecule has 0 saturated carbocycles. The Morgan fingerprint density at radius 1 is 1.11 bits per heavy atom. The van der Waals surface area contributed by atoms with Crippen molar-refractivity contribution >= 4 is 28.4 Å². The van der Waals surface area contributed by atoms with Gasteiger partial charge in [0.25, 0.3) is 0 Å². The van der Waals surface area contributed by atoms with E-state index in [2.05, 4.69) is 51.2 Å². The van der Waals surface area contributed by atoms with Gasteiger partial charge in [0.2, 0.25) is 5.95 Å². The Morgan fingerprint density at radius 3 is 2.77 bits per heavy atom. The lowest BCUT2D eigenvalue weighted by Gasteiger charge is -2.20. The van der Waals surface area contributed by atoms with E-state index in [1.807, 2.05) is 44.3 Å². The molecule has 4 heterocycles. The predicted molar refractivity (Wildman–Crippen MR) is 138 cm³/mol. The number of nitrogens with zero attached hydrogens (tertiary/aromatic N) is 6. The molecule has 0 aliphatic carbocycles. The lowest BCUT2D eigenvalue weighted by atomic mass is 9.97. The van der Waals surface area contributed by atoms with Crippen LogP contribution in [0.5, 0.6) is 5.75 Å². The van der Waals surface area contributed by atoms with Crippen LogP contribution in [-0.4, -0.2) is 42.9 Å². The van der Waals surface area contributed by atoms with E-state index < -0.39 is 0 Å². The summed E-state index contributed by atoms with van der Waals surface area (Å²) in [5.41, 5.74) is 3.59. The molecule has 0 radical (unpaired) electrons. The number of pyridine rings is 1. The number of aryl methyl sites for hydroxylation is 2. The highest BCUT2D eigenvalue weighted by atomic mass is 16.5. The number of anilines is 3. The Kier molecular flexibility index (Phi) is 6.00. The van der Waals surface area contributed by atoms with Crippen molar-refractivity contribution in [1.82, 2.24) is 29.7 Å². The third-order valence-corrected chi connectivity index (χ3v) is 5.88. The first-order valence-electron chi connectivity index (χ1n) is 12.2. The summed E-state index contributed by atoms with van der Waals surface area (Å²) in [6, 6.07) is 8.02. The van der Waals surface area contributed by atoms with Crippen LogP contribution in [-0.2, 0) is 13.0 Å². The van der Waals surface area contributed by atoms with Crippen molar-refractivity contribution in [3.05, 3.63) is 42.0 Å². The van der Waals surface area contributed by atoms with Crippen molar-refractivity contribution in [3.8, 4) is 17.1 Å². The van der Waals surface area contributed by atoms with Gasteiger partial charge in [-0.3, -0.25) is 0 Å². The van der Waals surface area contributed by atoms with E-state index in [0.717, 1.165) is 77.0 Å². The number of aromatic nitrogens is 6. The monoisotopic (exact) mass is 472 g/mol. The maximum Gasteiger partial charge on any atom is 0.227 e. The fraction of sp³-hybridized carbons (Fsp3) is 0.423. The second-order valence-electron chi connectivity index (χ2n) is 10.1. The maximum absolute atomic E-state index is 5.97. The molecule has 9 nitrogen and oxygen atoms in total.